The number of aromatic nitrogens is 1. The molecule has 1 heterocycles. The molecule has 0 spiro atoms. The number of aryl methyl sites for hydroxylation is 2. The van der Waals surface area contributed by atoms with Crippen LogP contribution in [0.5, 0.6) is 0 Å². The van der Waals surface area contributed by atoms with Gasteiger partial charge in [-0.2, -0.15) is 0 Å². The second-order valence-corrected chi connectivity index (χ2v) is 4.45. The second kappa shape index (κ2) is 6.26. The third-order valence-corrected chi connectivity index (χ3v) is 3.11. The molecule has 0 atom stereocenters. The van der Waals surface area contributed by atoms with E-state index in [2.05, 4.69) is 10.2 Å². The van der Waals surface area contributed by atoms with Crippen molar-refractivity contribution in [1.82, 2.24) is 4.98 Å². The molecule has 0 aliphatic carbocycles. The average molecular weight is 261 g/mol. The summed E-state index contributed by atoms with van der Waals surface area (Å²) in [5.41, 5.74) is 2.46. The molecule has 0 N–H and O–H groups in total. The Morgan fingerprint density at radius 1 is 1.17 bits per heavy atom. The molecule has 1 aromatic heterocycles. The first-order valence-corrected chi connectivity index (χ1v) is 6.19. The first-order valence-electron chi connectivity index (χ1n) is 5.81. The average Bonchev–Trinajstić information content (AvgIpc) is 2.41. The Morgan fingerprint density at radius 3 is 2.78 bits per heavy atom. The molecule has 0 saturated heterocycles. The van der Waals surface area contributed by atoms with Crippen LogP contribution in [-0.4, -0.2) is 4.98 Å². The van der Waals surface area contributed by atoms with Gasteiger partial charge in [0.1, 0.15) is 5.69 Å². The summed E-state index contributed by atoms with van der Waals surface area (Å²) in [5.74, 6) is 0. The smallest absolute Gasteiger partial charge is 0.111 e. The Hall–Kier alpha value is -1.74. The minimum absolute atomic E-state index is 0.428. The molecular formula is C14H13ClN2O. The van der Waals surface area contributed by atoms with Crippen molar-refractivity contribution in [3.63, 3.8) is 0 Å². The van der Waals surface area contributed by atoms with Gasteiger partial charge in [-0.3, -0.25) is 4.98 Å². The van der Waals surface area contributed by atoms with Crippen LogP contribution in [0.1, 0.15) is 17.7 Å². The van der Waals surface area contributed by atoms with Gasteiger partial charge in [-0.15, -0.1) is 4.91 Å². The van der Waals surface area contributed by atoms with Crippen molar-refractivity contribution in [3.8, 4) is 0 Å². The Kier molecular flexibility index (Phi) is 4.42. The van der Waals surface area contributed by atoms with E-state index in [1.165, 1.54) is 0 Å². The largest absolute Gasteiger partial charge is 0.261 e. The van der Waals surface area contributed by atoms with Crippen molar-refractivity contribution in [3.05, 3.63) is 63.8 Å². The van der Waals surface area contributed by atoms with Crippen LogP contribution < -0.4 is 0 Å². The minimum atomic E-state index is 0.428. The molecule has 0 saturated carbocycles. The summed E-state index contributed by atoms with van der Waals surface area (Å²) in [6.45, 7) is 0. The fraction of sp³-hybridized carbons (Fsp3) is 0.214. The van der Waals surface area contributed by atoms with E-state index in [0.29, 0.717) is 5.69 Å². The van der Waals surface area contributed by atoms with Crippen molar-refractivity contribution in [2.45, 2.75) is 19.3 Å². The molecule has 3 nitrogen and oxygen atoms in total. The van der Waals surface area contributed by atoms with Gasteiger partial charge in [-0.1, -0.05) is 29.8 Å². The Labute approximate surface area is 111 Å². The van der Waals surface area contributed by atoms with Crippen LogP contribution in [0.2, 0.25) is 5.02 Å². The Balaban J connectivity index is 1.92. The van der Waals surface area contributed by atoms with E-state index in [1.54, 1.807) is 18.3 Å². The summed E-state index contributed by atoms with van der Waals surface area (Å²) in [4.78, 5) is 14.6. The number of hydrogen-bond donors (Lipinski definition) is 0. The quantitative estimate of drug-likeness (QED) is 0.752. The van der Waals surface area contributed by atoms with Crippen LogP contribution in [0.3, 0.4) is 0 Å². The normalized spacial score (nSPS) is 10.3. The second-order valence-electron chi connectivity index (χ2n) is 4.04. The van der Waals surface area contributed by atoms with Crippen LogP contribution in [0, 0.1) is 4.91 Å². The molecule has 0 aliphatic heterocycles. The van der Waals surface area contributed by atoms with Crippen molar-refractivity contribution in [1.29, 1.82) is 0 Å². The lowest BCUT2D eigenvalue weighted by Crippen LogP contribution is -1.93. The van der Waals surface area contributed by atoms with Crippen LogP contribution in [0.25, 0.3) is 0 Å². The predicted octanol–water partition coefficient (Wildman–Crippen LogP) is 4.31. The van der Waals surface area contributed by atoms with Gasteiger partial charge in [-0.05, 0) is 48.2 Å². The monoisotopic (exact) mass is 260 g/mol. The number of pyridine rings is 1. The van der Waals surface area contributed by atoms with E-state index in [-0.39, 0.29) is 0 Å². The number of nitroso groups, excluding NO2 is 1. The van der Waals surface area contributed by atoms with Crippen molar-refractivity contribution in [2.24, 2.45) is 5.18 Å². The maximum Gasteiger partial charge on any atom is 0.111 e. The van der Waals surface area contributed by atoms with Gasteiger partial charge in [0, 0.05) is 16.9 Å². The maximum absolute atomic E-state index is 10.4. The molecule has 0 unspecified atom stereocenters. The number of hydrogen-bond acceptors (Lipinski definition) is 3. The summed E-state index contributed by atoms with van der Waals surface area (Å²) in [7, 11) is 0. The minimum Gasteiger partial charge on any atom is -0.261 e. The van der Waals surface area contributed by atoms with Gasteiger partial charge < -0.3 is 0 Å². The molecule has 0 amide bonds. The lowest BCUT2D eigenvalue weighted by Gasteiger charge is -2.04. The number of rotatable bonds is 5. The molecule has 2 aromatic rings. The van der Waals surface area contributed by atoms with E-state index < -0.39 is 0 Å². The van der Waals surface area contributed by atoms with Crippen LogP contribution in [0.15, 0.2) is 47.8 Å². The summed E-state index contributed by atoms with van der Waals surface area (Å²) < 4.78 is 0. The lowest BCUT2D eigenvalue weighted by atomic mass is 10.1. The molecule has 2 rings (SSSR count). The number of halogens is 1. The van der Waals surface area contributed by atoms with Crippen molar-refractivity contribution in [2.75, 3.05) is 0 Å². The number of benzene rings is 1. The summed E-state index contributed by atoms with van der Waals surface area (Å²) in [5, 5.41) is 3.70. The summed E-state index contributed by atoms with van der Waals surface area (Å²) in [6, 6.07) is 11.2. The maximum atomic E-state index is 10.4. The zero-order chi connectivity index (χ0) is 12.8. The van der Waals surface area contributed by atoms with Gasteiger partial charge in [0.25, 0.3) is 0 Å². The van der Waals surface area contributed by atoms with E-state index in [1.807, 2.05) is 24.3 Å². The highest BCUT2D eigenvalue weighted by molar-refractivity contribution is 6.31. The summed E-state index contributed by atoms with van der Waals surface area (Å²) in [6.07, 6.45) is 4.27. The first-order chi connectivity index (χ1) is 8.79. The van der Waals surface area contributed by atoms with Crippen LogP contribution in [-0.2, 0) is 12.8 Å². The Morgan fingerprint density at radius 2 is 2.00 bits per heavy atom. The predicted molar refractivity (Wildman–Crippen MR) is 73.2 cm³/mol. The van der Waals surface area contributed by atoms with Gasteiger partial charge >= 0.3 is 0 Å². The molecule has 4 heteroatoms. The van der Waals surface area contributed by atoms with Gasteiger partial charge in [0.15, 0.2) is 0 Å². The van der Waals surface area contributed by atoms with E-state index in [0.717, 1.165) is 35.5 Å². The fourth-order valence-corrected chi connectivity index (χ4v) is 2.05. The molecule has 1 aromatic carbocycles. The lowest BCUT2D eigenvalue weighted by molar-refractivity contribution is 0.799. The SMILES string of the molecule is O=Nc1ccnc(CCCc2ccccc2Cl)c1. The third-order valence-electron chi connectivity index (χ3n) is 2.74. The van der Waals surface area contributed by atoms with Crippen molar-refractivity contribution < 1.29 is 0 Å². The molecule has 92 valence electrons. The van der Waals surface area contributed by atoms with E-state index in [4.69, 9.17) is 11.6 Å². The Bertz CT molecular complexity index is 543. The number of nitrogens with zero attached hydrogens (tertiary/aromatic N) is 2. The molecule has 0 bridgehead atoms. The first kappa shape index (κ1) is 12.7. The van der Waals surface area contributed by atoms with Gasteiger partial charge in [0.05, 0.1) is 0 Å². The zero-order valence-corrected chi connectivity index (χ0v) is 10.6. The molecule has 0 fully saturated rings. The topological polar surface area (TPSA) is 42.3 Å². The highest BCUT2D eigenvalue weighted by Crippen LogP contribution is 2.18. The fourth-order valence-electron chi connectivity index (χ4n) is 1.82. The standard InChI is InChI=1S/C14H13ClN2O/c15-14-7-2-1-4-11(14)5-3-6-12-10-13(17-18)8-9-16-12/h1-2,4,7-10H,3,5-6H2. The van der Waals surface area contributed by atoms with Crippen LogP contribution in [0.4, 0.5) is 5.69 Å². The highest BCUT2D eigenvalue weighted by Gasteiger charge is 2.01. The van der Waals surface area contributed by atoms with Crippen LogP contribution >= 0.6 is 11.6 Å². The third kappa shape index (κ3) is 3.37. The molecule has 0 radical (unpaired) electrons. The molecular weight excluding hydrogens is 248 g/mol. The zero-order valence-electron chi connectivity index (χ0n) is 9.84. The van der Waals surface area contributed by atoms with E-state index >= 15 is 0 Å². The van der Waals surface area contributed by atoms with E-state index in [9.17, 15) is 4.91 Å². The van der Waals surface area contributed by atoms with Gasteiger partial charge in [-0.25, -0.2) is 0 Å². The summed E-state index contributed by atoms with van der Waals surface area (Å²) >= 11 is 6.08. The highest BCUT2D eigenvalue weighted by atomic mass is 35.5. The van der Waals surface area contributed by atoms with Gasteiger partial charge in [0.2, 0.25) is 0 Å². The molecule has 18 heavy (non-hydrogen) atoms. The van der Waals surface area contributed by atoms with Crippen molar-refractivity contribution >= 4 is 17.3 Å². The molecule has 0 aliphatic rings.